The Bertz CT molecular complexity index is 1010. The molecule has 1 aromatic carbocycles. The number of anilines is 1. The molecular weight excluding hydrogens is 460 g/mol. The van der Waals surface area contributed by atoms with Gasteiger partial charge in [-0.05, 0) is 43.2 Å². The number of ether oxygens (including phenoxy) is 1. The zero-order chi connectivity index (χ0) is 24.5. The number of likely N-dealkylation sites (tertiary alicyclic amines) is 1. The molecule has 1 amide bonds. The van der Waals surface area contributed by atoms with Crippen LogP contribution in [-0.4, -0.2) is 80.9 Å². The summed E-state index contributed by atoms with van der Waals surface area (Å²) in [6.07, 6.45) is 2.40. The maximum atomic E-state index is 13.1. The number of piperidine rings is 2. The van der Waals surface area contributed by atoms with E-state index < -0.39 is 14.9 Å². The molecule has 2 unspecified atom stereocenters. The number of nitro groups is 1. The van der Waals surface area contributed by atoms with E-state index in [-0.39, 0.29) is 35.5 Å². The predicted octanol–water partition coefficient (Wildman–Crippen LogP) is 2.34. The monoisotopic (exact) mass is 494 g/mol. The largest absolute Gasteiger partial charge is 0.379 e. The molecule has 0 N–H and O–H groups in total. The maximum Gasteiger partial charge on any atom is 0.293 e. The van der Waals surface area contributed by atoms with Gasteiger partial charge < -0.3 is 14.5 Å². The first-order valence-electron chi connectivity index (χ1n) is 12.1. The van der Waals surface area contributed by atoms with Crippen LogP contribution in [0.25, 0.3) is 0 Å². The van der Waals surface area contributed by atoms with Crippen LogP contribution in [0.1, 0.15) is 33.1 Å². The Balaban J connectivity index is 1.46. The summed E-state index contributed by atoms with van der Waals surface area (Å²) in [6.45, 7) is 8.08. The number of carbonyl (C=O) groups excluding carboxylic acids is 1. The van der Waals surface area contributed by atoms with Gasteiger partial charge in [-0.2, -0.15) is 4.31 Å². The summed E-state index contributed by atoms with van der Waals surface area (Å²) in [6, 6.07) is 4.14. The molecule has 0 bridgehead atoms. The summed E-state index contributed by atoms with van der Waals surface area (Å²) >= 11 is 0. The van der Waals surface area contributed by atoms with Crippen LogP contribution >= 0.6 is 0 Å². The van der Waals surface area contributed by atoms with Crippen molar-refractivity contribution >= 4 is 27.3 Å². The second-order valence-corrected chi connectivity index (χ2v) is 11.8. The number of nitrogens with zero attached hydrogens (tertiary/aromatic N) is 4. The van der Waals surface area contributed by atoms with Crippen molar-refractivity contribution in [1.29, 1.82) is 0 Å². The van der Waals surface area contributed by atoms with Crippen molar-refractivity contribution in [1.82, 2.24) is 9.21 Å². The Labute approximate surface area is 201 Å². The average Bonchev–Trinajstić information content (AvgIpc) is 2.83. The third-order valence-electron chi connectivity index (χ3n) is 7.12. The molecule has 4 rings (SSSR count). The van der Waals surface area contributed by atoms with E-state index in [2.05, 4.69) is 13.8 Å². The van der Waals surface area contributed by atoms with Gasteiger partial charge in [-0.15, -0.1) is 0 Å². The van der Waals surface area contributed by atoms with E-state index >= 15 is 0 Å². The Morgan fingerprint density at radius 3 is 2.26 bits per heavy atom. The van der Waals surface area contributed by atoms with Gasteiger partial charge in [-0.1, -0.05) is 13.8 Å². The van der Waals surface area contributed by atoms with E-state index in [0.717, 1.165) is 25.6 Å². The smallest absolute Gasteiger partial charge is 0.293 e. The minimum atomic E-state index is -3.83. The molecule has 34 heavy (non-hydrogen) atoms. The molecule has 0 saturated carbocycles. The van der Waals surface area contributed by atoms with Gasteiger partial charge >= 0.3 is 0 Å². The molecule has 0 aromatic heterocycles. The molecule has 10 nitrogen and oxygen atoms in total. The highest BCUT2D eigenvalue weighted by Gasteiger charge is 2.34. The topological polar surface area (TPSA) is 113 Å². The minimum Gasteiger partial charge on any atom is -0.379 e. The van der Waals surface area contributed by atoms with Crippen molar-refractivity contribution in [3.05, 3.63) is 28.3 Å². The summed E-state index contributed by atoms with van der Waals surface area (Å²) < 4.78 is 32.4. The summed E-state index contributed by atoms with van der Waals surface area (Å²) in [5.41, 5.74) is 0.176. The first-order valence-corrected chi connectivity index (χ1v) is 13.5. The number of nitro benzene ring substituents is 1. The van der Waals surface area contributed by atoms with Crippen molar-refractivity contribution in [2.75, 3.05) is 57.4 Å². The van der Waals surface area contributed by atoms with E-state index in [1.165, 1.54) is 16.4 Å². The van der Waals surface area contributed by atoms with Gasteiger partial charge in [0.2, 0.25) is 15.9 Å². The van der Waals surface area contributed by atoms with Gasteiger partial charge in [-0.3, -0.25) is 14.9 Å². The first-order chi connectivity index (χ1) is 16.2. The number of rotatable bonds is 5. The normalized spacial score (nSPS) is 25.4. The number of hydrogen-bond donors (Lipinski definition) is 0. The van der Waals surface area contributed by atoms with Gasteiger partial charge in [-0.25, -0.2) is 8.42 Å². The lowest BCUT2D eigenvalue weighted by atomic mass is 9.89. The highest BCUT2D eigenvalue weighted by atomic mass is 32.2. The van der Waals surface area contributed by atoms with Gasteiger partial charge in [0.15, 0.2) is 0 Å². The van der Waals surface area contributed by atoms with E-state index in [1.54, 1.807) is 0 Å². The molecule has 3 fully saturated rings. The lowest BCUT2D eigenvalue weighted by Crippen LogP contribution is -2.47. The summed E-state index contributed by atoms with van der Waals surface area (Å²) in [7, 11) is -3.83. The number of amides is 1. The van der Waals surface area contributed by atoms with Crippen LogP contribution in [0.15, 0.2) is 23.1 Å². The molecule has 0 radical (unpaired) electrons. The summed E-state index contributed by atoms with van der Waals surface area (Å²) in [5.74, 6) is 1.12. The fraction of sp³-hybridized carbons (Fsp3) is 0.696. The Kier molecular flexibility index (Phi) is 7.44. The summed E-state index contributed by atoms with van der Waals surface area (Å²) in [4.78, 5) is 28.2. The third kappa shape index (κ3) is 5.21. The van der Waals surface area contributed by atoms with E-state index in [1.807, 2.05) is 9.80 Å². The second kappa shape index (κ2) is 10.2. The fourth-order valence-corrected chi connectivity index (χ4v) is 6.91. The number of sulfonamides is 1. The van der Waals surface area contributed by atoms with E-state index in [0.29, 0.717) is 56.7 Å². The lowest BCUT2D eigenvalue weighted by molar-refractivity contribution is -0.384. The Morgan fingerprint density at radius 1 is 1.06 bits per heavy atom. The van der Waals surface area contributed by atoms with Gasteiger partial charge in [0, 0.05) is 51.3 Å². The number of benzene rings is 1. The summed E-state index contributed by atoms with van der Waals surface area (Å²) in [5, 5.41) is 11.9. The maximum absolute atomic E-state index is 13.1. The molecule has 3 aliphatic heterocycles. The van der Waals surface area contributed by atoms with Crippen LogP contribution in [0.5, 0.6) is 0 Å². The molecule has 3 aliphatic rings. The van der Waals surface area contributed by atoms with Gasteiger partial charge in [0.05, 0.1) is 23.0 Å². The first kappa shape index (κ1) is 24.9. The number of hydrogen-bond acceptors (Lipinski definition) is 7. The van der Waals surface area contributed by atoms with Crippen LogP contribution in [0, 0.1) is 27.9 Å². The van der Waals surface area contributed by atoms with Crippen molar-refractivity contribution < 1.29 is 22.9 Å². The predicted molar refractivity (Wildman–Crippen MR) is 127 cm³/mol. The number of carbonyl (C=O) groups is 1. The molecule has 0 aliphatic carbocycles. The van der Waals surface area contributed by atoms with Crippen LogP contribution in [0.4, 0.5) is 11.4 Å². The molecule has 11 heteroatoms. The average molecular weight is 495 g/mol. The quantitative estimate of drug-likeness (QED) is 0.456. The van der Waals surface area contributed by atoms with Crippen LogP contribution < -0.4 is 4.90 Å². The highest BCUT2D eigenvalue weighted by Crippen LogP contribution is 2.35. The molecule has 1 aromatic rings. The lowest BCUT2D eigenvalue weighted by Gasteiger charge is -2.39. The van der Waals surface area contributed by atoms with Crippen molar-refractivity contribution in [2.24, 2.45) is 17.8 Å². The zero-order valence-electron chi connectivity index (χ0n) is 19.9. The highest BCUT2D eigenvalue weighted by molar-refractivity contribution is 7.89. The molecule has 3 heterocycles. The molecule has 2 atom stereocenters. The van der Waals surface area contributed by atoms with Crippen LogP contribution in [0.2, 0.25) is 0 Å². The fourth-order valence-electron chi connectivity index (χ4n) is 5.48. The van der Waals surface area contributed by atoms with Gasteiger partial charge in [0.25, 0.3) is 5.69 Å². The number of morpholine rings is 1. The van der Waals surface area contributed by atoms with Crippen LogP contribution in [-0.2, 0) is 19.6 Å². The standard InChI is InChI=1S/C23H34N4O6S/c1-17-13-18(2)16-25(15-17)23(28)19-5-7-24(8-6-19)21-4-3-20(14-22(21)27(29)30)34(31,32)26-9-11-33-12-10-26/h3-4,14,17-19H,5-13,15-16H2,1-2H3. The van der Waals surface area contributed by atoms with Gasteiger partial charge in [0.1, 0.15) is 5.69 Å². The third-order valence-corrected chi connectivity index (χ3v) is 9.01. The van der Waals surface area contributed by atoms with Crippen molar-refractivity contribution in [3.8, 4) is 0 Å². The minimum absolute atomic E-state index is 0.0752. The Morgan fingerprint density at radius 2 is 1.68 bits per heavy atom. The zero-order valence-corrected chi connectivity index (χ0v) is 20.7. The second-order valence-electron chi connectivity index (χ2n) is 9.87. The molecule has 3 saturated heterocycles. The van der Waals surface area contributed by atoms with Crippen LogP contribution in [0.3, 0.4) is 0 Å². The molecular formula is C23H34N4O6S. The van der Waals surface area contributed by atoms with Crippen molar-refractivity contribution in [2.45, 2.75) is 38.0 Å². The molecule has 0 spiro atoms. The molecule has 188 valence electrons. The Hall–Kier alpha value is -2.24. The van der Waals surface area contributed by atoms with Crippen molar-refractivity contribution in [3.63, 3.8) is 0 Å². The van der Waals surface area contributed by atoms with E-state index in [9.17, 15) is 23.3 Å². The van der Waals surface area contributed by atoms with E-state index in [4.69, 9.17) is 4.74 Å². The SMILES string of the molecule is CC1CC(C)CN(C(=O)C2CCN(c3ccc(S(=O)(=O)N4CCOCC4)cc3[N+](=O)[O-])CC2)C1.